The molecule has 0 nitrogen and oxygen atoms in total. The Kier molecular flexibility index (Phi) is 5.56. The van der Waals surface area contributed by atoms with E-state index >= 15 is 0 Å². The largest absolute Gasteiger partial charge is 0.143 e. The molecule has 0 unspecified atom stereocenters. The topological polar surface area (TPSA) is 0 Å². The number of hydrogen-bond acceptors (Lipinski definition) is 1. The summed E-state index contributed by atoms with van der Waals surface area (Å²) >= 11 is 4.22. The Morgan fingerprint density at radius 1 is 1.00 bits per heavy atom. The van der Waals surface area contributed by atoms with Crippen molar-refractivity contribution in [2.45, 2.75) is 18.7 Å². The van der Waals surface area contributed by atoms with Gasteiger partial charge in [-0.25, -0.2) is 0 Å². The average Bonchev–Trinajstić information content (AvgIpc) is 1.59. The summed E-state index contributed by atoms with van der Waals surface area (Å²) in [6.45, 7) is 4.15. The fourth-order valence-corrected chi connectivity index (χ4v) is 1.36. The van der Waals surface area contributed by atoms with Gasteiger partial charge in [-0.15, -0.1) is 12.6 Å². The van der Waals surface area contributed by atoms with E-state index in [-0.39, 0.29) is 51.4 Å². The monoisotopic (exact) mass is 177 g/mol. The van der Waals surface area contributed by atoms with Crippen LogP contribution < -0.4 is 0 Å². The van der Waals surface area contributed by atoms with Gasteiger partial charge < -0.3 is 0 Å². The van der Waals surface area contributed by atoms with Gasteiger partial charge in [-0.2, -0.15) is 0 Å². The van der Waals surface area contributed by atoms with Gasteiger partial charge in [-0.1, -0.05) is 6.07 Å². The maximum Gasteiger partial charge on any atom is 0.00452 e. The third-order valence-corrected chi connectivity index (χ3v) is 1.46. The summed E-state index contributed by atoms with van der Waals surface area (Å²) in [7, 11) is 0. The Labute approximate surface area is 110 Å². The molecule has 0 heterocycles. The molecule has 0 aliphatic carbocycles. The second-order valence-electron chi connectivity index (χ2n) is 2.35. The van der Waals surface area contributed by atoms with Crippen LogP contribution in [-0.2, 0) is 0 Å². The molecule has 0 aliphatic rings. The number of rotatable bonds is 0. The molecule has 0 aromatic heterocycles. The van der Waals surface area contributed by atoms with E-state index in [0.29, 0.717) is 0 Å². The number of aryl methyl sites for hydroxylation is 2. The molecule has 0 atom stereocenters. The van der Waals surface area contributed by atoms with Crippen molar-refractivity contribution >= 4 is 64.0 Å². The number of thiol groups is 1. The normalized spacial score (nSPS) is 8.70. The quantitative estimate of drug-likeness (QED) is 0.456. The fourth-order valence-electron chi connectivity index (χ4n) is 0.951. The minimum absolute atomic E-state index is 0. The van der Waals surface area contributed by atoms with Crippen molar-refractivity contribution in [3.63, 3.8) is 0 Å². The molecule has 0 saturated carbocycles. The van der Waals surface area contributed by atoms with E-state index in [0.717, 1.165) is 4.90 Å². The molecule has 0 amide bonds. The van der Waals surface area contributed by atoms with Gasteiger partial charge in [0.2, 0.25) is 0 Å². The number of benzene rings is 1. The molecular weight excluding hydrogens is 167 g/mol. The standard InChI is InChI=1S/C8H10S.K/c1-6-3-7(2)5-8(9)4-6;/h3-5,9H,1-2H3;. The van der Waals surface area contributed by atoms with E-state index in [2.05, 4.69) is 44.7 Å². The molecule has 0 N–H and O–H groups in total. The van der Waals surface area contributed by atoms with Gasteiger partial charge >= 0.3 is 0 Å². The van der Waals surface area contributed by atoms with Gasteiger partial charge in [0.25, 0.3) is 0 Å². The first-order valence-electron chi connectivity index (χ1n) is 2.96. The first-order valence-corrected chi connectivity index (χ1v) is 3.40. The molecule has 0 aliphatic heterocycles. The molecule has 49 valence electrons. The summed E-state index contributed by atoms with van der Waals surface area (Å²) in [5, 5.41) is 0. The van der Waals surface area contributed by atoms with Crippen LogP contribution in [0.3, 0.4) is 0 Å². The first-order chi connectivity index (χ1) is 4.18. The third-order valence-electron chi connectivity index (χ3n) is 1.21. The number of hydrogen-bond donors (Lipinski definition) is 1. The Hall–Kier alpha value is 1.21. The molecule has 0 fully saturated rings. The van der Waals surface area contributed by atoms with Crippen LogP contribution >= 0.6 is 12.6 Å². The van der Waals surface area contributed by atoms with Crippen molar-refractivity contribution in [2.75, 3.05) is 0 Å². The Morgan fingerprint density at radius 2 is 1.40 bits per heavy atom. The Balaban J connectivity index is 0.000000810. The summed E-state index contributed by atoms with van der Waals surface area (Å²) in [6, 6.07) is 6.24. The van der Waals surface area contributed by atoms with E-state index < -0.39 is 0 Å². The molecule has 1 aromatic rings. The molecule has 0 saturated heterocycles. The molecule has 0 spiro atoms. The van der Waals surface area contributed by atoms with Crippen molar-refractivity contribution in [3.8, 4) is 0 Å². The third kappa shape index (κ3) is 3.55. The molecule has 1 rings (SSSR count). The molecular formula is C8H10KS. The van der Waals surface area contributed by atoms with E-state index in [9.17, 15) is 0 Å². The minimum Gasteiger partial charge on any atom is -0.143 e. The first kappa shape index (κ1) is 11.2. The van der Waals surface area contributed by atoms with Gasteiger partial charge in [0, 0.05) is 56.3 Å². The average molecular weight is 177 g/mol. The van der Waals surface area contributed by atoms with Crippen LogP contribution in [0.2, 0.25) is 0 Å². The van der Waals surface area contributed by atoms with Crippen molar-refractivity contribution in [3.05, 3.63) is 29.3 Å². The van der Waals surface area contributed by atoms with Gasteiger partial charge in [0.05, 0.1) is 0 Å². The van der Waals surface area contributed by atoms with Crippen LogP contribution in [0.1, 0.15) is 11.1 Å². The van der Waals surface area contributed by atoms with Crippen molar-refractivity contribution in [1.82, 2.24) is 0 Å². The van der Waals surface area contributed by atoms with Crippen LogP contribution in [-0.4, -0.2) is 51.4 Å². The zero-order valence-corrected chi connectivity index (χ0v) is 10.7. The molecule has 2 heteroatoms. The van der Waals surface area contributed by atoms with Crippen molar-refractivity contribution in [1.29, 1.82) is 0 Å². The van der Waals surface area contributed by atoms with Gasteiger partial charge in [0.15, 0.2) is 0 Å². The van der Waals surface area contributed by atoms with E-state index in [1.165, 1.54) is 11.1 Å². The van der Waals surface area contributed by atoms with Crippen LogP contribution in [0.25, 0.3) is 0 Å². The SMILES string of the molecule is Cc1cc(C)cc(S)c1.[K]. The van der Waals surface area contributed by atoms with E-state index in [1.807, 2.05) is 0 Å². The molecule has 0 bridgehead atoms. The molecule has 1 aromatic carbocycles. The summed E-state index contributed by atoms with van der Waals surface area (Å²) in [5.41, 5.74) is 2.56. The van der Waals surface area contributed by atoms with Crippen molar-refractivity contribution in [2.24, 2.45) is 0 Å². The summed E-state index contributed by atoms with van der Waals surface area (Å²) in [5.74, 6) is 0. The summed E-state index contributed by atoms with van der Waals surface area (Å²) in [6.07, 6.45) is 0. The zero-order chi connectivity index (χ0) is 6.85. The maximum atomic E-state index is 4.22. The van der Waals surface area contributed by atoms with Crippen LogP contribution in [0, 0.1) is 13.8 Å². The zero-order valence-electron chi connectivity index (χ0n) is 6.68. The predicted molar refractivity (Wildman–Crippen MR) is 48.9 cm³/mol. The second-order valence-corrected chi connectivity index (χ2v) is 2.86. The van der Waals surface area contributed by atoms with Gasteiger partial charge in [-0.3, -0.25) is 0 Å². The fraction of sp³-hybridized carbons (Fsp3) is 0.250. The maximum absolute atomic E-state index is 4.22. The van der Waals surface area contributed by atoms with Crippen LogP contribution in [0.4, 0.5) is 0 Å². The Morgan fingerprint density at radius 3 is 1.70 bits per heavy atom. The summed E-state index contributed by atoms with van der Waals surface area (Å²) < 4.78 is 0. The summed E-state index contributed by atoms with van der Waals surface area (Å²) in [4.78, 5) is 1.05. The Bertz CT molecular complexity index is 170. The second kappa shape index (κ2) is 4.96. The molecule has 1 radical (unpaired) electrons. The van der Waals surface area contributed by atoms with E-state index in [4.69, 9.17) is 0 Å². The predicted octanol–water partition coefficient (Wildman–Crippen LogP) is 2.21. The van der Waals surface area contributed by atoms with Gasteiger partial charge in [0.1, 0.15) is 0 Å². The molecule has 10 heavy (non-hydrogen) atoms. The smallest absolute Gasteiger partial charge is 0.00452 e. The van der Waals surface area contributed by atoms with Crippen LogP contribution in [0.15, 0.2) is 23.1 Å². The van der Waals surface area contributed by atoms with Crippen LogP contribution in [0.5, 0.6) is 0 Å². The van der Waals surface area contributed by atoms with E-state index in [1.54, 1.807) is 0 Å². The minimum atomic E-state index is 0. The van der Waals surface area contributed by atoms with Crippen molar-refractivity contribution < 1.29 is 0 Å². The van der Waals surface area contributed by atoms with Gasteiger partial charge in [-0.05, 0) is 37.1 Å².